The second kappa shape index (κ2) is 7.51. The van der Waals surface area contributed by atoms with Crippen molar-refractivity contribution >= 4 is 17.3 Å². The molecule has 0 heterocycles. The molecular weight excluding hydrogens is 342 g/mol. The molecule has 0 amide bonds. The molecule has 2 aliphatic carbocycles. The lowest BCUT2D eigenvalue weighted by Gasteiger charge is -2.48. The molecule has 0 radical (unpaired) electrons. The number of benzene rings is 1. The Morgan fingerprint density at radius 3 is 2.81 bits per heavy atom. The van der Waals surface area contributed by atoms with Crippen LogP contribution in [0.5, 0.6) is 0 Å². The van der Waals surface area contributed by atoms with E-state index in [1.807, 2.05) is 26.1 Å². The predicted octanol–water partition coefficient (Wildman–Crippen LogP) is 5.23. The zero-order chi connectivity index (χ0) is 18.7. The van der Waals surface area contributed by atoms with E-state index in [4.69, 9.17) is 11.6 Å². The monoisotopic (exact) mass is 365 g/mol. The maximum atomic E-state index is 9.31. The third kappa shape index (κ3) is 3.34. The van der Waals surface area contributed by atoms with Crippen molar-refractivity contribution in [2.45, 2.75) is 38.6 Å². The van der Waals surface area contributed by atoms with Crippen molar-refractivity contribution in [3.05, 3.63) is 69.9 Å². The van der Waals surface area contributed by atoms with E-state index < -0.39 is 0 Å². The van der Waals surface area contributed by atoms with Gasteiger partial charge in [-0.25, -0.2) is 0 Å². The van der Waals surface area contributed by atoms with Gasteiger partial charge in [0.15, 0.2) is 0 Å². The van der Waals surface area contributed by atoms with Crippen molar-refractivity contribution in [2.75, 3.05) is 7.05 Å². The zero-order valence-electron chi connectivity index (χ0n) is 15.5. The van der Waals surface area contributed by atoms with Gasteiger partial charge in [-0.05, 0) is 61.1 Å². The minimum absolute atomic E-state index is 0.0731. The van der Waals surface area contributed by atoms with Crippen molar-refractivity contribution < 1.29 is 0 Å². The first-order chi connectivity index (χ1) is 12.5. The van der Waals surface area contributed by atoms with E-state index >= 15 is 0 Å². The summed E-state index contributed by atoms with van der Waals surface area (Å²) in [5.41, 5.74) is 5.15. The first kappa shape index (κ1) is 18.5. The summed E-state index contributed by atoms with van der Waals surface area (Å²) in [5, 5.41) is 13.8. The lowest BCUT2D eigenvalue weighted by Crippen LogP contribution is -2.52. The SMILES string of the molecule is CC/C=C1/C=CC(NC2(c3cccc(Cl)c3C)CC(C#N)C2)=CC1=NC. The molecular formula is C22H24ClN3. The highest BCUT2D eigenvalue weighted by Crippen LogP contribution is 2.48. The molecule has 0 bridgehead atoms. The fraction of sp³-hybridized carbons (Fsp3) is 0.364. The fourth-order valence-corrected chi connectivity index (χ4v) is 4.05. The lowest BCUT2D eigenvalue weighted by molar-refractivity contribution is 0.153. The summed E-state index contributed by atoms with van der Waals surface area (Å²) in [5.74, 6) is 0.0731. The number of hydrogen-bond donors (Lipinski definition) is 1. The number of halogens is 1. The van der Waals surface area contributed by atoms with Gasteiger partial charge in [0, 0.05) is 17.8 Å². The van der Waals surface area contributed by atoms with Crippen LogP contribution in [0, 0.1) is 24.2 Å². The highest BCUT2D eigenvalue weighted by atomic mass is 35.5. The number of aliphatic imine (C=N–C) groups is 1. The van der Waals surface area contributed by atoms with Crippen LogP contribution in [-0.2, 0) is 5.54 Å². The molecule has 1 aromatic rings. The van der Waals surface area contributed by atoms with E-state index in [2.05, 4.69) is 53.7 Å². The highest BCUT2D eigenvalue weighted by molar-refractivity contribution is 6.31. The summed E-state index contributed by atoms with van der Waals surface area (Å²) in [6.07, 6.45) is 11.0. The number of nitriles is 1. The van der Waals surface area contributed by atoms with E-state index in [1.165, 1.54) is 5.56 Å². The van der Waals surface area contributed by atoms with Gasteiger partial charge in [-0.1, -0.05) is 42.8 Å². The minimum atomic E-state index is -0.254. The Hall–Kier alpha value is -2.31. The predicted molar refractivity (Wildman–Crippen MR) is 108 cm³/mol. The Morgan fingerprint density at radius 1 is 1.38 bits per heavy atom. The Labute approximate surface area is 160 Å². The van der Waals surface area contributed by atoms with E-state index in [1.54, 1.807) is 0 Å². The second-order valence-corrected chi connectivity index (χ2v) is 7.37. The van der Waals surface area contributed by atoms with E-state index in [0.717, 1.165) is 46.8 Å². The van der Waals surface area contributed by atoms with Crippen molar-refractivity contribution in [2.24, 2.45) is 10.9 Å². The Kier molecular flexibility index (Phi) is 5.34. The molecule has 134 valence electrons. The van der Waals surface area contributed by atoms with Crippen LogP contribution in [0.3, 0.4) is 0 Å². The van der Waals surface area contributed by atoms with Gasteiger partial charge in [-0.15, -0.1) is 0 Å². The quantitative estimate of drug-likeness (QED) is 0.794. The third-order valence-electron chi connectivity index (χ3n) is 5.23. The smallest absolute Gasteiger partial charge is 0.0660 e. The second-order valence-electron chi connectivity index (χ2n) is 6.96. The van der Waals surface area contributed by atoms with Gasteiger partial charge in [0.05, 0.1) is 23.2 Å². The van der Waals surface area contributed by atoms with Crippen LogP contribution in [0.15, 0.2) is 58.8 Å². The molecule has 0 saturated heterocycles. The molecule has 0 spiro atoms. The topological polar surface area (TPSA) is 48.2 Å². The van der Waals surface area contributed by atoms with Crippen LogP contribution in [0.1, 0.15) is 37.3 Å². The molecule has 0 aliphatic heterocycles. The van der Waals surface area contributed by atoms with Gasteiger partial charge in [0.1, 0.15) is 0 Å². The Balaban J connectivity index is 1.94. The number of allylic oxidation sites excluding steroid dienone is 5. The molecule has 4 heteroatoms. The lowest BCUT2D eigenvalue weighted by atomic mass is 9.64. The van der Waals surface area contributed by atoms with E-state index in [9.17, 15) is 5.26 Å². The molecule has 1 fully saturated rings. The van der Waals surface area contributed by atoms with Crippen LogP contribution in [0.2, 0.25) is 5.02 Å². The maximum absolute atomic E-state index is 9.31. The first-order valence-electron chi connectivity index (χ1n) is 9.03. The van der Waals surface area contributed by atoms with Crippen LogP contribution >= 0.6 is 11.6 Å². The van der Waals surface area contributed by atoms with Gasteiger partial charge in [-0.3, -0.25) is 4.99 Å². The molecule has 2 aliphatic rings. The number of hydrogen-bond acceptors (Lipinski definition) is 3. The van der Waals surface area contributed by atoms with Crippen LogP contribution in [0.4, 0.5) is 0 Å². The highest BCUT2D eigenvalue weighted by Gasteiger charge is 2.47. The third-order valence-corrected chi connectivity index (χ3v) is 5.64. The summed E-state index contributed by atoms with van der Waals surface area (Å²) < 4.78 is 0. The van der Waals surface area contributed by atoms with Crippen molar-refractivity contribution in [3.8, 4) is 6.07 Å². The van der Waals surface area contributed by atoms with Crippen LogP contribution in [0.25, 0.3) is 0 Å². The van der Waals surface area contributed by atoms with Crippen molar-refractivity contribution in [3.63, 3.8) is 0 Å². The number of nitrogens with one attached hydrogen (secondary N) is 1. The molecule has 1 N–H and O–H groups in total. The van der Waals surface area contributed by atoms with Crippen LogP contribution < -0.4 is 5.32 Å². The van der Waals surface area contributed by atoms with Crippen molar-refractivity contribution in [1.82, 2.24) is 5.32 Å². The number of rotatable bonds is 4. The normalized spacial score (nSPS) is 27.8. The molecule has 26 heavy (non-hydrogen) atoms. The standard InChI is InChI=1S/C22H24ClN3/c1-4-6-17-9-10-18(11-21(17)25-3)26-22(12-16(13-22)14-24)19-7-5-8-20(23)15(19)2/h5-11,16,26H,4,12-13H2,1-3H3/b17-6-,25-21?. The average Bonchev–Trinajstić information content (AvgIpc) is 2.61. The van der Waals surface area contributed by atoms with Crippen LogP contribution in [-0.4, -0.2) is 12.8 Å². The molecule has 3 nitrogen and oxygen atoms in total. The largest absolute Gasteiger partial charge is 0.375 e. The molecule has 3 rings (SSSR count). The van der Waals surface area contributed by atoms with Gasteiger partial charge in [0.25, 0.3) is 0 Å². The summed E-state index contributed by atoms with van der Waals surface area (Å²) in [7, 11) is 1.82. The fourth-order valence-electron chi connectivity index (χ4n) is 3.87. The van der Waals surface area contributed by atoms with E-state index in [0.29, 0.717) is 0 Å². The van der Waals surface area contributed by atoms with Gasteiger partial charge < -0.3 is 5.32 Å². The first-order valence-corrected chi connectivity index (χ1v) is 9.41. The van der Waals surface area contributed by atoms with Gasteiger partial charge in [-0.2, -0.15) is 5.26 Å². The van der Waals surface area contributed by atoms with Gasteiger partial charge in [0.2, 0.25) is 0 Å². The molecule has 0 unspecified atom stereocenters. The maximum Gasteiger partial charge on any atom is 0.0660 e. The Bertz CT molecular complexity index is 862. The van der Waals surface area contributed by atoms with E-state index in [-0.39, 0.29) is 11.5 Å². The average molecular weight is 366 g/mol. The zero-order valence-corrected chi connectivity index (χ0v) is 16.3. The summed E-state index contributed by atoms with van der Waals surface area (Å²) in [6, 6.07) is 8.42. The number of nitrogens with zero attached hydrogens (tertiary/aromatic N) is 2. The summed E-state index contributed by atoms with van der Waals surface area (Å²) in [4.78, 5) is 4.41. The Morgan fingerprint density at radius 2 is 2.15 bits per heavy atom. The summed E-state index contributed by atoms with van der Waals surface area (Å²) >= 11 is 6.37. The molecule has 1 saturated carbocycles. The molecule has 0 aromatic heterocycles. The minimum Gasteiger partial charge on any atom is -0.375 e. The molecule has 0 atom stereocenters. The van der Waals surface area contributed by atoms with Crippen molar-refractivity contribution in [1.29, 1.82) is 5.26 Å². The molecule has 1 aromatic carbocycles. The summed E-state index contributed by atoms with van der Waals surface area (Å²) in [6.45, 7) is 4.17. The van der Waals surface area contributed by atoms with Gasteiger partial charge >= 0.3 is 0 Å².